The van der Waals surface area contributed by atoms with E-state index in [-0.39, 0.29) is 0 Å². The number of para-hydroxylation sites is 3. The molecule has 0 unspecified atom stereocenters. The highest BCUT2D eigenvalue weighted by Gasteiger charge is 2.17. The van der Waals surface area contributed by atoms with Crippen molar-refractivity contribution in [3.05, 3.63) is 158 Å². The molecule has 9 aromatic rings. The van der Waals surface area contributed by atoms with E-state index in [1.165, 1.54) is 32.7 Å². The molecule has 0 N–H and O–H groups in total. The Hall–Kier alpha value is -6.00. The fourth-order valence-corrected chi connectivity index (χ4v) is 6.56. The van der Waals surface area contributed by atoms with Gasteiger partial charge >= 0.3 is 0 Å². The molecule has 6 aromatic carbocycles. The zero-order valence-corrected chi connectivity index (χ0v) is 23.8. The predicted octanol–water partition coefficient (Wildman–Crippen LogP) is 10.0. The van der Waals surface area contributed by atoms with Gasteiger partial charge in [0, 0.05) is 50.2 Å². The van der Waals surface area contributed by atoms with Gasteiger partial charge in [-0.3, -0.25) is 0 Å². The van der Waals surface area contributed by atoms with Crippen molar-refractivity contribution in [3.63, 3.8) is 0 Å². The maximum Gasteiger partial charge on any atom is 0.160 e. The number of benzene rings is 6. The Kier molecular flexibility index (Phi) is 5.47. The zero-order valence-electron chi connectivity index (χ0n) is 23.8. The summed E-state index contributed by atoms with van der Waals surface area (Å²) in [5, 5.41) is 4.81. The molecule has 0 aliphatic carbocycles. The van der Waals surface area contributed by atoms with E-state index in [4.69, 9.17) is 9.97 Å². The van der Waals surface area contributed by atoms with Crippen LogP contribution >= 0.6 is 0 Å². The van der Waals surface area contributed by atoms with Crippen molar-refractivity contribution >= 4 is 43.6 Å². The number of hydrogen-bond acceptors (Lipinski definition) is 2. The van der Waals surface area contributed by atoms with Gasteiger partial charge in [0.05, 0.1) is 27.8 Å². The second kappa shape index (κ2) is 9.79. The molecule has 3 aromatic heterocycles. The molecule has 4 nitrogen and oxygen atoms in total. The van der Waals surface area contributed by atoms with E-state index in [9.17, 15) is 0 Å². The Morgan fingerprint density at radius 2 is 1.07 bits per heavy atom. The average molecular weight is 563 g/mol. The maximum absolute atomic E-state index is 5.07. The first kappa shape index (κ1) is 24.6. The lowest BCUT2D eigenvalue weighted by Crippen LogP contribution is -1.97. The summed E-state index contributed by atoms with van der Waals surface area (Å²) in [5.74, 6) is 0.722. The third-order valence-electron chi connectivity index (χ3n) is 8.57. The highest BCUT2D eigenvalue weighted by atomic mass is 15.0. The van der Waals surface area contributed by atoms with Crippen LogP contribution < -0.4 is 0 Å². The lowest BCUT2D eigenvalue weighted by atomic mass is 10.1. The summed E-state index contributed by atoms with van der Waals surface area (Å²) in [5.41, 5.74) is 9.79. The van der Waals surface area contributed by atoms with Gasteiger partial charge in [0.2, 0.25) is 0 Å². The molecule has 0 saturated carbocycles. The van der Waals surface area contributed by atoms with Crippen LogP contribution in [0.3, 0.4) is 0 Å². The largest absolute Gasteiger partial charge is 0.317 e. The minimum absolute atomic E-state index is 0.722. The molecule has 9 rings (SSSR count). The predicted molar refractivity (Wildman–Crippen MR) is 182 cm³/mol. The quantitative estimate of drug-likeness (QED) is 0.214. The molecular weight excluding hydrogens is 536 g/mol. The number of rotatable bonds is 4. The summed E-state index contributed by atoms with van der Waals surface area (Å²) in [7, 11) is 0. The highest BCUT2D eigenvalue weighted by Crippen LogP contribution is 2.38. The van der Waals surface area contributed by atoms with Crippen molar-refractivity contribution in [3.8, 4) is 34.0 Å². The lowest BCUT2D eigenvalue weighted by Gasteiger charge is -2.11. The molecule has 0 aliphatic heterocycles. The second-order valence-corrected chi connectivity index (χ2v) is 11.1. The van der Waals surface area contributed by atoms with Gasteiger partial charge in [-0.25, -0.2) is 9.97 Å². The topological polar surface area (TPSA) is 35.6 Å². The van der Waals surface area contributed by atoms with E-state index in [0.29, 0.717) is 0 Å². The second-order valence-electron chi connectivity index (χ2n) is 11.1. The highest BCUT2D eigenvalue weighted by molar-refractivity contribution is 6.21. The van der Waals surface area contributed by atoms with Crippen LogP contribution in [0.5, 0.6) is 0 Å². The molecule has 0 spiro atoms. The number of nitrogens with zero attached hydrogens (tertiary/aromatic N) is 4. The van der Waals surface area contributed by atoms with Crippen LogP contribution in [0.25, 0.3) is 77.6 Å². The number of aromatic nitrogens is 4. The molecule has 0 radical (unpaired) electrons. The Balaban J connectivity index is 1.20. The summed E-state index contributed by atoms with van der Waals surface area (Å²) in [6.07, 6.45) is 2.17. The molecule has 3 heterocycles. The molecular formula is C40H26N4. The summed E-state index contributed by atoms with van der Waals surface area (Å²) in [4.78, 5) is 10.0. The Labute approximate surface area is 254 Å². The SMILES string of the molecule is c1ccc(-c2nc(-c3ccc(-n4c5ccccc5c5c6ccn(-c7ccccc7)c6ccc54)cc3)nc3ccccc23)cc1. The van der Waals surface area contributed by atoms with Gasteiger partial charge in [-0.2, -0.15) is 0 Å². The van der Waals surface area contributed by atoms with E-state index >= 15 is 0 Å². The molecule has 0 atom stereocenters. The first-order valence-electron chi connectivity index (χ1n) is 14.9. The molecule has 0 aliphatic rings. The van der Waals surface area contributed by atoms with Crippen LogP contribution in [0.2, 0.25) is 0 Å². The van der Waals surface area contributed by atoms with E-state index in [1.807, 2.05) is 18.2 Å². The Bertz CT molecular complexity index is 2470. The standard InChI is InChI=1S/C40H26N4/c1-3-11-27(12-4-1)39-31-15-7-9-17-34(31)41-40(42-39)28-19-21-30(22-20-28)44-36-18-10-8-16-32(36)38-33-25-26-43(29-13-5-2-6-14-29)35(33)23-24-37(38)44/h1-26H. The van der Waals surface area contributed by atoms with Crippen molar-refractivity contribution in [2.75, 3.05) is 0 Å². The molecule has 0 amide bonds. The van der Waals surface area contributed by atoms with Gasteiger partial charge < -0.3 is 9.13 Å². The third kappa shape index (κ3) is 3.78. The fourth-order valence-electron chi connectivity index (χ4n) is 6.56. The summed E-state index contributed by atoms with van der Waals surface area (Å²) < 4.78 is 4.63. The van der Waals surface area contributed by atoms with Crippen LogP contribution in [-0.4, -0.2) is 19.1 Å². The minimum atomic E-state index is 0.722. The first-order chi connectivity index (χ1) is 21.8. The van der Waals surface area contributed by atoms with Crippen molar-refractivity contribution in [2.45, 2.75) is 0 Å². The number of fused-ring (bicyclic) bond motifs is 6. The molecule has 4 heteroatoms. The lowest BCUT2D eigenvalue weighted by molar-refractivity contribution is 1.13. The Morgan fingerprint density at radius 3 is 1.89 bits per heavy atom. The van der Waals surface area contributed by atoms with Gasteiger partial charge in [-0.15, -0.1) is 0 Å². The smallest absolute Gasteiger partial charge is 0.160 e. The normalized spacial score (nSPS) is 11.6. The van der Waals surface area contributed by atoms with Gasteiger partial charge in [0.25, 0.3) is 0 Å². The third-order valence-corrected chi connectivity index (χ3v) is 8.57. The monoisotopic (exact) mass is 562 g/mol. The van der Waals surface area contributed by atoms with Crippen LogP contribution in [0.4, 0.5) is 0 Å². The van der Waals surface area contributed by atoms with Crippen molar-refractivity contribution in [2.24, 2.45) is 0 Å². The molecule has 0 fully saturated rings. The molecule has 0 bridgehead atoms. The Morgan fingerprint density at radius 1 is 0.409 bits per heavy atom. The first-order valence-corrected chi connectivity index (χ1v) is 14.9. The van der Waals surface area contributed by atoms with E-state index in [1.54, 1.807) is 0 Å². The zero-order chi connectivity index (χ0) is 29.0. The van der Waals surface area contributed by atoms with Crippen LogP contribution in [0, 0.1) is 0 Å². The van der Waals surface area contributed by atoms with Crippen molar-refractivity contribution < 1.29 is 0 Å². The van der Waals surface area contributed by atoms with Gasteiger partial charge in [0.1, 0.15) is 0 Å². The summed E-state index contributed by atoms with van der Waals surface area (Å²) in [6.45, 7) is 0. The number of hydrogen-bond donors (Lipinski definition) is 0. The van der Waals surface area contributed by atoms with Crippen molar-refractivity contribution in [1.29, 1.82) is 0 Å². The maximum atomic E-state index is 5.07. The van der Waals surface area contributed by atoms with Gasteiger partial charge in [-0.1, -0.05) is 84.9 Å². The van der Waals surface area contributed by atoms with E-state index in [2.05, 4.69) is 149 Å². The van der Waals surface area contributed by atoms with E-state index < -0.39 is 0 Å². The summed E-state index contributed by atoms with van der Waals surface area (Å²) in [6, 6.07) is 53.2. The van der Waals surface area contributed by atoms with Crippen molar-refractivity contribution in [1.82, 2.24) is 19.1 Å². The van der Waals surface area contributed by atoms with Gasteiger partial charge in [-0.05, 0) is 66.7 Å². The fraction of sp³-hybridized carbons (Fsp3) is 0. The van der Waals surface area contributed by atoms with Crippen LogP contribution in [0.1, 0.15) is 0 Å². The van der Waals surface area contributed by atoms with Crippen LogP contribution in [0.15, 0.2) is 158 Å². The van der Waals surface area contributed by atoms with E-state index in [0.717, 1.165) is 44.9 Å². The van der Waals surface area contributed by atoms with Gasteiger partial charge in [0.15, 0.2) is 5.82 Å². The molecule has 0 saturated heterocycles. The molecule has 44 heavy (non-hydrogen) atoms. The summed E-state index contributed by atoms with van der Waals surface area (Å²) >= 11 is 0. The average Bonchev–Trinajstić information content (AvgIpc) is 3.68. The molecule has 206 valence electrons. The van der Waals surface area contributed by atoms with Crippen LogP contribution in [-0.2, 0) is 0 Å². The minimum Gasteiger partial charge on any atom is -0.317 e.